The van der Waals surface area contributed by atoms with Crippen LogP contribution in [0.2, 0.25) is 0 Å². The Morgan fingerprint density at radius 2 is 1.69 bits per heavy atom. The van der Waals surface area contributed by atoms with Gasteiger partial charge in [-0.25, -0.2) is 14.5 Å². The normalized spacial score (nSPS) is 13.6. The molecule has 0 aliphatic carbocycles. The van der Waals surface area contributed by atoms with Crippen LogP contribution in [0, 0.1) is 26.6 Å². The first-order valence-electron chi connectivity index (χ1n) is 12.1. The van der Waals surface area contributed by atoms with Crippen LogP contribution >= 0.6 is 0 Å². The second-order valence-corrected chi connectivity index (χ2v) is 9.06. The van der Waals surface area contributed by atoms with Crippen molar-refractivity contribution in [2.24, 2.45) is 5.10 Å². The van der Waals surface area contributed by atoms with Gasteiger partial charge in [-0.3, -0.25) is 4.79 Å². The molecule has 2 aromatic carbocycles. The number of carbonyl (C=O) groups is 1. The van der Waals surface area contributed by atoms with E-state index in [0.29, 0.717) is 5.56 Å². The minimum atomic E-state index is -0.302. The van der Waals surface area contributed by atoms with Gasteiger partial charge in [0.25, 0.3) is 5.91 Å². The zero-order valence-corrected chi connectivity index (χ0v) is 20.7. The molecule has 0 radical (unpaired) electrons. The summed E-state index contributed by atoms with van der Waals surface area (Å²) in [6.45, 7) is 7.66. The average Bonchev–Trinajstić information content (AvgIpc) is 3.59. The van der Waals surface area contributed by atoms with Crippen molar-refractivity contribution in [2.75, 3.05) is 18.0 Å². The van der Waals surface area contributed by atoms with Crippen LogP contribution in [-0.4, -0.2) is 39.6 Å². The van der Waals surface area contributed by atoms with Crippen LogP contribution in [0.15, 0.2) is 65.8 Å². The number of hydrogen-bond donors (Lipinski definition) is 1. The van der Waals surface area contributed by atoms with E-state index in [1.165, 1.54) is 12.1 Å². The van der Waals surface area contributed by atoms with Crippen molar-refractivity contribution in [3.8, 4) is 11.4 Å². The first-order chi connectivity index (χ1) is 17.4. The SMILES string of the molecule is Cc1nn(-c2ccccc2)c(N2CCCC2)c1/C=N\NC(=O)c1cc(C)n(-c2ccc(F)cc2)c1C. The van der Waals surface area contributed by atoms with E-state index >= 15 is 0 Å². The molecule has 8 heteroatoms. The number of carbonyl (C=O) groups excluding carboxylic acids is 1. The van der Waals surface area contributed by atoms with Gasteiger partial charge in [0, 0.05) is 30.2 Å². The maximum absolute atomic E-state index is 13.4. The Morgan fingerprint density at radius 1 is 1.00 bits per heavy atom. The largest absolute Gasteiger partial charge is 0.356 e. The first kappa shape index (κ1) is 23.5. The van der Waals surface area contributed by atoms with Gasteiger partial charge in [-0.1, -0.05) is 18.2 Å². The van der Waals surface area contributed by atoms with Gasteiger partial charge < -0.3 is 9.47 Å². The molecule has 0 unspecified atom stereocenters. The van der Waals surface area contributed by atoms with Gasteiger partial charge in [0.05, 0.1) is 28.7 Å². The Kier molecular flexibility index (Phi) is 6.41. The molecule has 1 aliphatic heterocycles. The first-order valence-corrected chi connectivity index (χ1v) is 12.1. The molecule has 0 bridgehead atoms. The van der Waals surface area contributed by atoms with Gasteiger partial charge in [0.1, 0.15) is 11.6 Å². The Balaban J connectivity index is 1.42. The van der Waals surface area contributed by atoms with Crippen LogP contribution in [0.25, 0.3) is 11.4 Å². The molecular weight excluding hydrogens is 455 g/mol. The third-order valence-corrected chi connectivity index (χ3v) is 6.61. The van der Waals surface area contributed by atoms with E-state index in [1.807, 2.05) is 66.4 Å². The molecule has 1 saturated heterocycles. The molecule has 184 valence electrons. The summed E-state index contributed by atoms with van der Waals surface area (Å²) in [5.41, 5.74) is 8.36. The second kappa shape index (κ2) is 9.81. The lowest BCUT2D eigenvalue weighted by atomic mass is 10.2. The van der Waals surface area contributed by atoms with Gasteiger partial charge in [0.15, 0.2) is 0 Å². The van der Waals surface area contributed by atoms with E-state index in [-0.39, 0.29) is 11.7 Å². The highest BCUT2D eigenvalue weighted by Crippen LogP contribution is 2.29. The molecule has 0 atom stereocenters. The van der Waals surface area contributed by atoms with Crippen molar-refractivity contribution in [1.29, 1.82) is 0 Å². The van der Waals surface area contributed by atoms with E-state index in [4.69, 9.17) is 5.10 Å². The number of halogens is 1. The van der Waals surface area contributed by atoms with Crippen LogP contribution in [0.4, 0.5) is 10.2 Å². The minimum Gasteiger partial charge on any atom is -0.356 e. The van der Waals surface area contributed by atoms with Gasteiger partial charge in [-0.15, -0.1) is 0 Å². The van der Waals surface area contributed by atoms with E-state index in [9.17, 15) is 9.18 Å². The highest BCUT2D eigenvalue weighted by molar-refractivity contribution is 5.97. The highest BCUT2D eigenvalue weighted by atomic mass is 19.1. The third-order valence-electron chi connectivity index (χ3n) is 6.61. The number of nitrogens with one attached hydrogen (secondary N) is 1. The molecule has 1 aliphatic rings. The van der Waals surface area contributed by atoms with E-state index in [1.54, 1.807) is 18.3 Å². The Bertz CT molecular complexity index is 1410. The number of aromatic nitrogens is 3. The van der Waals surface area contributed by atoms with Crippen molar-refractivity contribution >= 4 is 17.9 Å². The Labute approximate surface area is 209 Å². The third kappa shape index (κ3) is 4.42. The summed E-state index contributed by atoms with van der Waals surface area (Å²) in [5, 5.41) is 9.11. The summed E-state index contributed by atoms with van der Waals surface area (Å²) in [7, 11) is 0. The number of anilines is 1. The average molecular weight is 485 g/mol. The molecule has 1 N–H and O–H groups in total. The maximum Gasteiger partial charge on any atom is 0.273 e. The fraction of sp³-hybridized carbons (Fsp3) is 0.250. The van der Waals surface area contributed by atoms with Gasteiger partial charge in [-0.05, 0) is 76.1 Å². The summed E-state index contributed by atoms with van der Waals surface area (Å²) >= 11 is 0. The standard InChI is InChI=1S/C28H29FN6O/c1-19-17-25(21(3)34(19)23-13-11-22(29)12-14-23)27(36)31-30-18-26-20(2)32-35(24-9-5-4-6-10-24)28(26)33-15-7-8-16-33/h4-6,9-14,17-18H,7-8,15-16H2,1-3H3,(H,31,36)/b30-18-. The summed E-state index contributed by atoms with van der Waals surface area (Å²) in [4.78, 5) is 15.4. The topological polar surface area (TPSA) is 67.5 Å². The van der Waals surface area contributed by atoms with Crippen molar-refractivity contribution in [3.63, 3.8) is 0 Å². The number of amides is 1. The molecule has 0 spiro atoms. The zero-order chi connectivity index (χ0) is 25.2. The molecule has 1 amide bonds. The van der Waals surface area contributed by atoms with Crippen LogP contribution in [-0.2, 0) is 0 Å². The van der Waals surface area contributed by atoms with Gasteiger partial charge in [0.2, 0.25) is 0 Å². The number of hydrogen-bond acceptors (Lipinski definition) is 4. The van der Waals surface area contributed by atoms with Crippen LogP contribution in [0.1, 0.15) is 45.8 Å². The zero-order valence-electron chi connectivity index (χ0n) is 20.7. The predicted octanol–water partition coefficient (Wildman–Crippen LogP) is 5.09. The molecule has 36 heavy (non-hydrogen) atoms. The lowest BCUT2D eigenvalue weighted by Gasteiger charge is -2.20. The molecular formula is C28H29FN6O. The van der Waals surface area contributed by atoms with Gasteiger partial charge >= 0.3 is 0 Å². The van der Waals surface area contributed by atoms with E-state index in [2.05, 4.69) is 15.4 Å². The van der Waals surface area contributed by atoms with Crippen molar-refractivity contribution < 1.29 is 9.18 Å². The molecule has 5 rings (SSSR count). The fourth-order valence-corrected chi connectivity index (χ4v) is 4.86. The lowest BCUT2D eigenvalue weighted by molar-refractivity contribution is 0.0954. The van der Waals surface area contributed by atoms with Gasteiger partial charge in [-0.2, -0.15) is 10.2 Å². The number of benzene rings is 2. The predicted molar refractivity (Wildman–Crippen MR) is 140 cm³/mol. The number of nitrogens with zero attached hydrogens (tertiary/aromatic N) is 5. The minimum absolute atomic E-state index is 0.298. The molecule has 2 aromatic heterocycles. The van der Waals surface area contributed by atoms with Crippen molar-refractivity contribution in [3.05, 3.63) is 94.7 Å². The summed E-state index contributed by atoms with van der Waals surface area (Å²) in [6.07, 6.45) is 3.96. The van der Waals surface area contributed by atoms with Crippen LogP contribution in [0.3, 0.4) is 0 Å². The number of para-hydroxylation sites is 1. The van der Waals surface area contributed by atoms with Crippen molar-refractivity contribution in [1.82, 2.24) is 19.8 Å². The fourth-order valence-electron chi connectivity index (χ4n) is 4.86. The molecule has 4 aromatic rings. The lowest BCUT2D eigenvalue weighted by Crippen LogP contribution is -2.23. The van der Waals surface area contributed by atoms with E-state index in [0.717, 1.165) is 65.8 Å². The summed E-state index contributed by atoms with van der Waals surface area (Å²) in [5.74, 6) is 0.389. The Hall–Kier alpha value is -4.20. The van der Waals surface area contributed by atoms with Crippen LogP contribution < -0.4 is 10.3 Å². The smallest absolute Gasteiger partial charge is 0.273 e. The highest BCUT2D eigenvalue weighted by Gasteiger charge is 2.24. The van der Waals surface area contributed by atoms with E-state index < -0.39 is 0 Å². The Morgan fingerprint density at radius 3 is 2.39 bits per heavy atom. The molecule has 1 fully saturated rings. The summed E-state index contributed by atoms with van der Waals surface area (Å²) in [6, 6.07) is 18.1. The molecule has 0 saturated carbocycles. The summed E-state index contributed by atoms with van der Waals surface area (Å²) < 4.78 is 17.3. The number of hydrazone groups is 1. The number of rotatable bonds is 6. The molecule has 7 nitrogen and oxygen atoms in total. The van der Waals surface area contributed by atoms with Crippen molar-refractivity contribution in [2.45, 2.75) is 33.6 Å². The second-order valence-electron chi connectivity index (χ2n) is 9.06. The monoisotopic (exact) mass is 484 g/mol. The molecule has 3 heterocycles. The number of aryl methyl sites for hydroxylation is 2. The van der Waals surface area contributed by atoms with Crippen LogP contribution in [0.5, 0.6) is 0 Å². The maximum atomic E-state index is 13.4. The quantitative estimate of drug-likeness (QED) is 0.306.